The van der Waals surface area contributed by atoms with E-state index in [1.54, 1.807) is 0 Å². The van der Waals surface area contributed by atoms with E-state index in [9.17, 15) is 17.2 Å². The van der Waals surface area contributed by atoms with Crippen LogP contribution in [0.15, 0.2) is 47.4 Å². The van der Waals surface area contributed by atoms with Crippen molar-refractivity contribution in [3.05, 3.63) is 59.7 Å². The average Bonchev–Trinajstić information content (AvgIpc) is 2.57. The van der Waals surface area contributed by atoms with E-state index in [0.717, 1.165) is 23.4 Å². The van der Waals surface area contributed by atoms with E-state index in [2.05, 4.69) is 4.72 Å². The number of sulfonamides is 1. The molecule has 5 nitrogen and oxygen atoms in total. The zero-order valence-electron chi connectivity index (χ0n) is 15.2. The number of anilines is 1. The molecule has 0 aromatic heterocycles. The van der Waals surface area contributed by atoms with Crippen molar-refractivity contribution < 1.29 is 17.2 Å². The Balaban J connectivity index is 2.21. The van der Waals surface area contributed by atoms with Crippen LogP contribution in [0.1, 0.15) is 11.6 Å². The predicted octanol–water partition coefficient (Wildman–Crippen LogP) is 2.61. The third kappa shape index (κ3) is 4.78. The van der Waals surface area contributed by atoms with Gasteiger partial charge in [0, 0.05) is 32.4 Å². The summed E-state index contributed by atoms with van der Waals surface area (Å²) in [7, 11) is 3.33. The van der Waals surface area contributed by atoms with Crippen LogP contribution in [0.4, 0.5) is 14.5 Å². The van der Waals surface area contributed by atoms with Crippen LogP contribution < -0.4 is 9.62 Å². The summed E-state index contributed by atoms with van der Waals surface area (Å²) in [4.78, 5) is 3.12. The fraction of sp³-hybridized carbons (Fsp3) is 0.333. The van der Waals surface area contributed by atoms with Crippen molar-refractivity contribution in [3.8, 4) is 0 Å². The van der Waals surface area contributed by atoms with Gasteiger partial charge in [-0.05, 0) is 50.0 Å². The van der Waals surface area contributed by atoms with Crippen LogP contribution >= 0.6 is 0 Å². The van der Waals surface area contributed by atoms with Crippen LogP contribution in [-0.2, 0) is 10.0 Å². The highest BCUT2D eigenvalue weighted by atomic mass is 32.2. The molecule has 0 unspecified atom stereocenters. The Morgan fingerprint density at radius 2 is 1.62 bits per heavy atom. The van der Waals surface area contributed by atoms with Crippen molar-refractivity contribution in [1.82, 2.24) is 9.62 Å². The van der Waals surface area contributed by atoms with E-state index in [1.165, 1.54) is 0 Å². The van der Waals surface area contributed by atoms with Gasteiger partial charge >= 0.3 is 0 Å². The lowest BCUT2D eigenvalue weighted by molar-refractivity contribution is 0.299. The van der Waals surface area contributed by atoms with Crippen molar-refractivity contribution in [3.63, 3.8) is 0 Å². The Kier molecular flexibility index (Phi) is 6.33. The first-order valence-corrected chi connectivity index (χ1v) is 9.48. The molecule has 1 atom stereocenters. The zero-order chi connectivity index (χ0) is 19.5. The quantitative estimate of drug-likeness (QED) is 0.799. The van der Waals surface area contributed by atoms with E-state index in [4.69, 9.17) is 0 Å². The number of nitrogens with one attached hydrogen (secondary N) is 1. The molecule has 0 fully saturated rings. The van der Waals surface area contributed by atoms with Gasteiger partial charge in [-0.2, -0.15) is 0 Å². The largest absolute Gasteiger partial charge is 0.378 e. The number of rotatable bonds is 7. The van der Waals surface area contributed by atoms with Crippen LogP contribution in [0.2, 0.25) is 0 Å². The molecule has 0 aliphatic rings. The predicted molar refractivity (Wildman–Crippen MR) is 98.7 cm³/mol. The van der Waals surface area contributed by atoms with E-state index >= 15 is 0 Å². The van der Waals surface area contributed by atoms with Gasteiger partial charge in [0.1, 0.15) is 16.5 Å². The fourth-order valence-corrected chi connectivity index (χ4v) is 3.67. The van der Waals surface area contributed by atoms with Crippen LogP contribution in [0, 0.1) is 11.6 Å². The zero-order valence-corrected chi connectivity index (χ0v) is 16.0. The van der Waals surface area contributed by atoms with Crippen LogP contribution in [0.3, 0.4) is 0 Å². The normalized spacial score (nSPS) is 13.0. The second-order valence-corrected chi connectivity index (χ2v) is 8.13. The lowest BCUT2D eigenvalue weighted by Crippen LogP contribution is -2.35. The second-order valence-electron chi connectivity index (χ2n) is 6.39. The van der Waals surface area contributed by atoms with Gasteiger partial charge in [0.25, 0.3) is 0 Å². The van der Waals surface area contributed by atoms with E-state index in [1.807, 2.05) is 62.3 Å². The summed E-state index contributed by atoms with van der Waals surface area (Å²) in [6.07, 6.45) is 0. The topological polar surface area (TPSA) is 52.7 Å². The molecule has 0 saturated heterocycles. The minimum Gasteiger partial charge on any atom is -0.378 e. The number of likely N-dealkylation sites (N-methyl/N-ethyl adjacent to an activating group) is 1. The lowest BCUT2D eigenvalue weighted by atomic mass is 10.1. The van der Waals surface area contributed by atoms with Gasteiger partial charge in [0.05, 0.1) is 0 Å². The molecule has 0 spiro atoms. The highest BCUT2D eigenvalue weighted by Gasteiger charge is 2.23. The van der Waals surface area contributed by atoms with Gasteiger partial charge in [-0.1, -0.05) is 12.1 Å². The molecule has 0 bridgehead atoms. The summed E-state index contributed by atoms with van der Waals surface area (Å²) in [5, 5.41) is 0. The molecular formula is C18H23F2N3O2S. The maximum absolute atomic E-state index is 13.8. The molecule has 0 aliphatic carbocycles. The van der Waals surface area contributed by atoms with Gasteiger partial charge < -0.3 is 9.80 Å². The summed E-state index contributed by atoms with van der Waals surface area (Å²) in [6.45, 7) is 0.0204. The average molecular weight is 383 g/mol. The molecule has 0 aliphatic heterocycles. The molecule has 2 aromatic rings. The van der Waals surface area contributed by atoms with Crippen molar-refractivity contribution in [2.24, 2.45) is 0 Å². The number of nitrogens with zero attached hydrogens (tertiary/aromatic N) is 2. The number of benzene rings is 2. The molecular weight excluding hydrogens is 360 g/mol. The van der Waals surface area contributed by atoms with Crippen molar-refractivity contribution in [2.75, 3.05) is 39.6 Å². The Hall–Kier alpha value is -2.03. The maximum atomic E-state index is 13.8. The molecule has 0 amide bonds. The van der Waals surface area contributed by atoms with Crippen LogP contribution in [0.5, 0.6) is 0 Å². The molecule has 2 aromatic carbocycles. The smallest absolute Gasteiger partial charge is 0.243 e. The summed E-state index contributed by atoms with van der Waals surface area (Å²) >= 11 is 0. The first kappa shape index (κ1) is 20.3. The Morgan fingerprint density at radius 1 is 1.00 bits per heavy atom. The van der Waals surface area contributed by atoms with E-state index in [0.29, 0.717) is 6.07 Å². The maximum Gasteiger partial charge on any atom is 0.243 e. The molecule has 0 radical (unpaired) electrons. The van der Waals surface area contributed by atoms with Crippen molar-refractivity contribution in [1.29, 1.82) is 0 Å². The first-order valence-electron chi connectivity index (χ1n) is 8.00. The summed E-state index contributed by atoms with van der Waals surface area (Å²) < 4.78 is 54.2. The number of hydrogen-bond donors (Lipinski definition) is 1. The van der Waals surface area contributed by atoms with Gasteiger partial charge in [0.2, 0.25) is 10.0 Å². The summed E-state index contributed by atoms with van der Waals surface area (Å²) in [5.74, 6) is -1.80. The van der Waals surface area contributed by atoms with E-state index < -0.39 is 26.6 Å². The minimum absolute atomic E-state index is 0.0204. The highest BCUT2D eigenvalue weighted by molar-refractivity contribution is 7.89. The number of halogens is 2. The minimum atomic E-state index is -4.17. The summed E-state index contributed by atoms with van der Waals surface area (Å²) in [5.41, 5.74) is 1.93. The van der Waals surface area contributed by atoms with Gasteiger partial charge in [-0.3, -0.25) is 0 Å². The first-order chi connectivity index (χ1) is 12.1. The lowest BCUT2D eigenvalue weighted by Gasteiger charge is -2.25. The Labute approximate surface area is 153 Å². The molecule has 26 heavy (non-hydrogen) atoms. The Bertz CT molecular complexity index is 853. The monoisotopic (exact) mass is 383 g/mol. The van der Waals surface area contributed by atoms with Crippen molar-refractivity contribution in [2.45, 2.75) is 10.9 Å². The van der Waals surface area contributed by atoms with Gasteiger partial charge in [-0.15, -0.1) is 0 Å². The van der Waals surface area contributed by atoms with Crippen LogP contribution in [-0.4, -0.2) is 48.1 Å². The fourth-order valence-electron chi connectivity index (χ4n) is 2.54. The third-order valence-corrected chi connectivity index (χ3v) is 5.51. The van der Waals surface area contributed by atoms with Gasteiger partial charge in [0.15, 0.2) is 0 Å². The molecule has 142 valence electrons. The standard InChI is InChI=1S/C18H23F2N3O2S/c1-22(2)15-8-5-13(6-9-15)17(23(3)4)12-21-26(24,25)18-11-14(19)7-10-16(18)20/h5-11,17,21H,12H2,1-4H3/t17-/m1/s1. The SMILES string of the molecule is CN(C)c1ccc([C@@H](CNS(=O)(=O)c2cc(F)ccc2F)N(C)C)cc1. The Morgan fingerprint density at radius 3 is 2.15 bits per heavy atom. The van der Waals surface area contributed by atoms with Crippen molar-refractivity contribution >= 4 is 15.7 Å². The molecule has 0 saturated carbocycles. The van der Waals surface area contributed by atoms with Gasteiger partial charge in [-0.25, -0.2) is 21.9 Å². The molecule has 8 heteroatoms. The number of hydrogen-bond acceptors (Lipinski definition) is 4. The summed E-state index contributed by atoms with van der Waals surface area (Å²) in [6, 6.07) is 9.79. The molecule has 2 rings (SSSR count). The highest BCUT2D eigenvalue weighted by Crippen LogP contribution is 2.22. The molecule has 1 N–H and O–H groups in total. The molecule has 0 heterocycles. The third-order valence-electron chi connectivity index (χ3n) is 4.07. The van der Waals surface area contributed by atoms with E-state index in [-0.39, 0.29) is 12.6 Å². The second kappa shape index (κ2) is 8.11. The van der Waals surface area contributed by atoms with Crippen LogP contribution in [0.25, 0.3) is 0 Å².